The van der Waals surface area contributed by atoms with Gasteiger partial charge in [0.1, 0.15) is 4.90 Å². The zero-order valence-corrected chi connectivity index (χ0v) is 10.00. The van der Waals surface area contributed by atoms with Crippen LogP contribution in [-0.4, -0.2) is 24.2 Å². The van der Waals surface area contributed by atoms with Crippen LogP contribution >= 0.6 is 0 Å². The van der Waals surface area contributed by atoms with E-state index >= 15 is 0 Å². The van der Waals surface area contributed by atoms with Crippen molar-refractivity contribution in [1.82, 2.24) is 14.5 Å². The lowest BCUT2D eigenvalue weighted by Gasteiger charge is -2.11. The highest BCUT2D eigenvalue weighted by atomic mass is 32.2. The van der Waals surface area contributed by atoms with E-state index in [1.165, 1.54) is 10.9 Å². The molecule has 0 bridgehead atoms. The van der Waals surface area contributed by atoms with Crippen molar-refractivity contribution in [3.05, 3.63) is 6.20 Å². The van der Waals surface area contributed by atoms with E-state index in [0.29, 0.717) is 0 Å². The Bertz CT molecular complexity index is 474. The summed E-state index contributed by atoms with van der Waals surface area (Å²) in [6, 6.07) is 0.0459. The molecule has 0 unspecified atom stereocenters. The molecule has 0 amide bonds. The zero-order chi connectivity index (χ0) is 11.8. The Hall–Kier alpha value is -1.08. The Morgan fingerprint density at radius 1 is 1.50 bits per heavy atom. The molecule has 1 aromatic rings. The third-order valence-corrected chi connectivity index (χ3v) is 4.33. The minimum absolute atomic E-state index is 0.0459. The molecule has 1 aliphatic rings. The maximum Gasteiger partial charge on any atom is 0.246 e. The number of sulfonamides is 1. The van der Waals surface area contributed by atoms with Crippen LogP contribution in [0.15, 0.2) is 11.1 Å². The second-order valence-electron chi connectivity index (χ2n) is 4.15. The van der Waals surface area contributed by atoms with Gasteiger partial charge in [0.15, 0.2) is 5.82 Å². The fourth-order valence-corrected chi connectivity index (χ4v) is 3.43. The Balaban J connectivity index is 2.21. The smallest absolute Gasteiger partial charge is 0.246 e. The molecule has 0 saturated heterocycles. The molecule has 1 saturated carbocycles. The first-order valence-corrected chi connectivity index (χ1v) is 6.79. The van der Waals surface area contributed by atoms with Crippen molar-refractivity contribution in [2.75, 3.05) is 5.73 Å². The minimum Gasteiger partial charge on any atom is -0.381 e. The molecule has 90 valence electrons. The van der Waals surface area contributed by atoms with Gasteiger partial charge in [0, 0.05) is 19.3 Å². The predicted octanol–water partition coefficient (Wildman–Crippen LogP) is 0.223. The molecule has 0 radical (unpaired) electrons. The molecular weight excluding hydrogens is 228 g/mol. The summed E-state index contributed by atoms with van der Waals surface area (Å²) in [5.41, 5.74) is 5.55. The van der Waals surface area contributed by atoms with Crippen molar-refractivity contribution in [2.45, 2.75) is 36.6 Å². The Labute approximate surface area is 94.9 Å². The third-order valence-electron chi connectivity index (χ3n) is 2.79. The van der Waals surface area contributed by atoms with Gasteiger partial charge in [0.25, 0.3) is 0 Å². The van der Waals surface area contributed by atoms with E-state index in [4.69, 9.17) is 5.73 Å². The maximum absolute atomic E-state index is 12.0. The number of anilines is 1. The molecule has 0 aromatic carbocycles. The number of rotatable bonds is 3. The van der Waals surface area contributed by atoms with Crippen LogP contribution in [0, 0.1) is 0 Å². The largest absolute Gasteiger partial charge is 0.381 e. The van der Waals surface area contributed by atoms with Crippen LogP contribution in [0.4, 0.5) is 5.82 Å². The SMILES string of the molecule is Cn1cc(S(=O)(=O)NC2CCCC2)c(N)n1. The zero-order valence-electron chi connectivity index (χ0n) is 9.18. The van der Waals surface area contributed by atoms with Gasteiger partial charge < -0.3 is 5.73 Å². The van der Waals surface area contributed by atoms with Crippen LogP contribution in [-0.2, 0) is 17.1 Å². The average molecular weight is 244 g/mol. The van der Waals surface area contributed by atoms with Crippen LogP contribution in [0.3, 0.4) is 0 Å². The molecule has 16 heavy (non-hydrogen) atoms. The molecule has 0 aliphatic heterocycles. The van der Waals surface area contributed by atoms with Crippen molar-refractivity contribution in [3.8, 4) is 0 Å². The second-order valence-corrected chi connectivity index (χ2v) is 5.84. The van der Waals surface area contributed by atoms with E-state index in [-0.39, 0.29) is 16.8 Å². The van der Waals surface area contributed by atoms with Gasteiger partial charge >= 0.3 is 0 Å². The van der Waals surface area contributed by atoms with E-state index < -0.39 is 10.0 Å². The van der Waals surface area contributed by atoms with Crippen molar-refractivity contribution < 1.29 is 8.42 Å². The number of hydrogen-bond acceptors (Lipinski definition) is 4. The molecule has 1 aromatic heterocycles. The molecule has 7 heteroatoms. The highest BCUT2D eigenvalue weighted by molar-refractivity contribution is 7.89. The number of nitrogen functional groups attached to an aromatic ring is 1. The van der Waals surface area contributed by atoms with Crippen LogP contribution < -0.4 is 10.5 Å². The fraction of sp³-hybridized carbons (Fsp3) is 0.667. The summed E-state index contributed by atoms with van der Waals surface area (Å²) in [5, 5.41) is 3.83. The van der Waals surface area contributed by atoms with E-state index in [1.807, 2.05) is 0 Å². The molecule has 1 heterocycles. The van der Waals surface area contributed by atoms with E-state index in [0.717, 1.165) is 25.7 Å². The van der Waals surface area contributed by atoms with Gasteiger partial charge in [-0.05, 0) is 12.8 Å². The quantitative estimate of drug-likeness (QED) is 0.796. The second kappa shape index (κ2) is 4.06. The normalized spacial score (nSPS) is 18.1. The lowest BCUT2D eigenvalue weighted by molar-refractivity contribution is 0.552. The number of aryl methyl sites for hydroxylation is 1. The van der Waals surface area contributed by atoms with E-state index in [2.05, 4.69) is 9.82 Å². The van der Waals surface area contributed by atoms with Crippen molar-refractivity contribution in [1.29, 1.82) is 0 Å². The topological polar surface area (TPSA) is 90.0 Å². The number of aromatic nitrogens is 2. The summed E-state index contributed by atoms with van der Waals surface area (Å²) in [6.45, 7) is 0. The Morgan fingerprint density at radius 2 is 2.12 bits per heavy atom. The van der Waals surface area contributed by atoms with Crippen LogP contribution in [0.25, 0.3) is 0 Å². The summed E-state index contributed by atoms with van der Waals surface area (Å²) in [5.74, 6) is 0.0491. The van der Waals surface area contributed by atoms with Crippen molar-refractivity contribution in [3.63, 3.8) is 0 Å². The number of nitrogens with two attached hydrogens (primary N) is 1. The first kappa shape index (κ1) is 11.4. The van der Waals surface area contributed by atoms with Crippen LogP contribution in [0.5, 0.6) is 0 Å². The van der Waals surface area contributed by atoms with Gasteiger partial charge in [-0.1, -0.05) is 12.8 Å². The van der Waals surface area contributed by atoms with Gasteiger partial charge in [-0.3, -0.25) is 4.68 Å². The van der Waals surface area contributed by atoms with Gasteiger partial charge in [-0.2, -0.15) is 5.10 Å². The molecular formula is C9H16N4O2S. The Morgan fingerprint density at radius 3 is 2.62 bits per heavy atom. The number of hydrogen-bond donors (Lipinski definition) is 2. The monoisotopic (exact) mass is 244 g/mol. The van der Waals surface area contributed by atoms with Crippen LogP contribution in [0.2, 0.25) is 0 Å². The summed E-state index contributed by atoms with van der Waals surface area (Å²) in [6.07, 6.45) is 5.39. The van der Waals surface area contributed by atoms with Crippen molar-refractivity contribution in [2.24, 2.45) is 7.05 Å². The summed E-state index contributed by atoms with van der Waals surface area (Å²) < 4.78 is 28.0. The molecule has 6 nitrogen and oxygen atoms in total. The predicted molar refractivity (Wildman–Crippen MR) is 60.2 cm³/mol. The number of nitrogens with one attached hydrogen (secondary N) is 1. The summed E-state index contributed by atoms with van der Waals surface area (Å²) in [7, 11) is -1.87. The van der Waals surface area contributed by atoms with Gasteiger partial charge in [0.2, 0.25) is 10.0 Å². The summed E-state index contributed by atoms with van der Waals surface area (Å²) in [4.78, 5) is 0.0712. The maximum atomic E-state index is 12.0. The number of nitrogens with zero attached hydrogens (tertiary/aromatic N) is 2. The lowest BCUT2D eigenvalue weighted by Crippen LogP contribution is -2.32. The molecule has 3 N–H and O–H groups in total. The Kier molecular flexibility index (Phi) is 2.90. The molecule has 2 rings (SSSR count). The van der Waals surface area contributed by atoms with Crippen LogP contribution in [0.1, 0.15) is 25.7 Å². The summed E-state index contributed by atoms with van der Waals surface area (Å²) >= 11 is 0. The van der Waals surface area contributed by atoms with E-state index in [9.17, 15) is 8.42 Å². The molecule has 1 fully saturated rings. The van der Waals surface area contributed by atoms with Gasteiger partial charge in [0.05, 0.1) is 0 Å². The minimum atomic E-state index is -3.51. The molecule has 0 spiro atoms. The first-order chi connectivity index (χ1) is 7.49. The fourth-order valence-electron chi connectivity index (χ4n) is 2.02. The third kappa shape index (κ3) is 2.19. The van der Waals surface area contributed by atoms with Crippen molar-refractivity contribution >= 4 is 15.8 Å². The molecule has 0 atom stereocenters. The van der Waals surface area contributed by atoms with E-state index in [1.54, 1.807) is 7.05 Å². The highest BCUT2D eigenvalue weighted by Gasteiger charge is 2.25. The average Bonchev–Trinajstić information content (AvgIpc) is 2.75. The highest BCUT2D eigenvalue weighted by Crippen LogP contribution is 2.22. The van der Waals surface area contributed by atoms with Gasteiger partial charge in [-0.25, -0.2) is 13.1 Å². The van der Waals surface area contributed by atoms with Gasteiger partial charge in [-0.15, -0.1) is 0 Å². The molecule has 1 aliphatic carbocycles. The first-order valence-electron chi connectivity index (χ1n) is 5.30. The lowest BCUT2D eigenvalue weighted by atomic mass is 10.3. The standard InChI is InChI=1S/C9H16N4O2S/c1-13-6-8(9(10)11-13)16(14,15)12-7-4-2-3-5-7/h6-7,12H,2-5H2,1H3,(H2,10,11).